The number of likely N-dealkylation sites (tertiary alicyclic amines) is 1. The predicted octanol–water partition coefficient (Wildman–Crippen LogP) is 6.40. The number of halogens is 2. The van der Waals surface area contributed by atoms with E-state index in [1.54, 1.807) is 30.2 Å². The van der Waals surface area contributed by atoms with Crippen molar-refractivity contribution in [1.82, 2.24) is 14.9 Å². The third-order valence-electron chi connectivity index (χ3n) is 5.60. The fourth-order valence-electron chi connectivity index (χ4n) is 4.01. The van der Waals surface area contributed by atoms with Gasteiger partial charge in [-0.2, -0.15) is 0 Å². The number of nitrogens with one attached hydrogen (secondary N) is 1. The van der Waals surface area contributed by atoms with Crippen LogP contribution in [0.25, 0.3) is 22.4 Å². The average Bonchev–Trinajstić information content (AvgIpc) is 3.38. The molecule has 0 unspecified atom stereocenters. The fraction of sp³-hybridized carbons (Fsp3) is 0.360. The van der Waals surface area contributed by atoms with Crippen LogP contribution in [0.4, 0.5) is 13.6 Å². The molecule has 1 saturated heterocycles. The number of hydrogen-bond donors (Lipinski definition) is 1. The van der Waals surface area contributed by atoms with Gasteiger partial charge in [0.05, 0.1) is 17.9 Å². The lowest BCUT2D eigenvalue weighted by Gasteiger charge is -2.27. The Labute approximate surface area is 186 Å². The van der Waals surface area contributed by atoms with Crippen molar-refractivity contribution in [2.45, 2.75) is 52.2 Å². The van der Waals surface area contributed by atoms with Crippen LogP contribution >= 0.6 is 0 Å². The monoisotopic (exact) mass is 439 g/mol. The molecule has 1 aliphatic rings. The summed E-state index contributed by atoms with van der Waals surface area (Å²) in [6.07, 6.45) is 2.92. The molecule has 1 atom stereocenters. The molecule has 0 aliphatic carbocycles. The van der Waals surface area contributed by atoms with Gasteiger partial charge in [0, 0.05) is 12.1 Å². The molecule has 2 heterocycles. The van der Waals surface area contributed by atoms with Gasteiger partial charge in [0.25, 0.3) is 0 Å². The molecule has 1 aliphatic heterocycles. The lowest BCUT2D eigenvalue weighted by atomic mass is 9.96. The molecule has 4 rings (SSSR count). The second-order valence-electron chi connectivity index (χ2n) is 9.15. The maximum atomic E-state index is 14.7. The molecule has 3 aromatic rings. The Morgan fingerprint density at radius 1 is 1.16 bits per heavy atom. The summed E-state index contributed by atoms with van der Waals surface area (Å²) < 4.78 is 33.6. The molecule has 7 heteroatoms. The summed E-state index contributed by atoms with van der Waals surface area (Å²) in [6.45, 7) is 7.82. The molecule has 32 heavy (non-hydrogen) atoms. The van der Waals surface area contributed by atoms with E-state index in [4.69, 9.17) is 4.74 Å². The zero-order chi connectivity index (χ0) is 23.0. The van der Waals surface area contributed by atoms with E-state index >= 15 is 0 Å². The molecular weight excluding hydrogens is 412 g/mol. The molecule has 1 N–H and O–H groups in total. The van der Waals surface area contributed by atoms with Crippen LogP contribution in [0.5, 0.6) is 0 Å². The lowest BCUT2D eigenvalue weighted by Crippen LogP contribution is -2.36. The minimum Gasteiger partial charge on any atom is -0.444 e. The highest BCUT2D eigenvalue weighted by atomic mass is 19.1. The van der Waals surface area contributed by atoms with E-state index in [-0.39, 0.29) is 23.8 Å². The highest BCUT2D eigenvalue weighted by Crippen LogP contribution is 2.35. The van der Waals surface area contributed by atoms with Crippen molar-refractivity contribution < 1.29 is 18.3 Å². The number of hydrogen-bond acceptors (Lipinski definition) is 3. The van der Waals surface area contributed by atoms with Crippen LogP contribution in [0.15, 0.2) is 42.6 Å². The van der Waals surface area contributed by atoms with Gasteiger partial charge >= 0.3 is 6.09 Å². The number of carbonyl (C=O) groups is 1. The Kier molecular flexibility index (Phi) is 5.75. The minimum atomic E-state index is -0.575. The van der Waals surface area contributed by atoms with Crippen LogP contribution in [0, 0.1) is 18.6 Å². The standard InChI is InChI=1S/C25H27F2N3O2/c1-15-19(16-7-9-18(26)10-8-16)12-17(13-20(15)27)21-14-28-23(29-21)22-6-5-11-30(22)24(31)32-25(2,3)4/h7-10,12-14,22H,5-6,11H2,1-4H3,(H,28,29)/t22-/m0/s1. The van der Waals surface area contributed by atoms with Crippen LogP contribution in [0.1, 0.15) is 51.0 Å². The van der Waals surface area contributed by atoms with E-state index in [2.05, 4.69) is 9.97 Å². The van der Waals surface area contributed by atoms with Gasteiger partial charge in [-0.3, -0.25) is 4.90 Å². The zero-order valence-electron chi connectivity index (χ0n) is 18.7. The second-order valence-corrected chi connectivity index (χ2v) is 9.15. The number of ether oxygens (including phenoxy) is 1. The average molecular weight is 440 g/mol. The highest BCUT2D eigenvalue weighted by Gasteiger charge is 2.34. The van der Waals surface area contributed by atoms with E-state index in [0.717, 1.165) is 18.4 Å². The van der Waals surface area contributed by atoms with E-state index in [1.165, 1.54) is 18.2 Å². The molecule has 0 saturated carbocycles. The number of H-pyrrole nitrogens is 1. The van der Waals surface area contributed by atoms with Crippen molar-refractivity contribution in [2.24, 2.45) is 0 Å². The number of benzene rings is 2. The lowest BCUT2D eigenvalue weighted by molar-refractivity contribution is 0.0218. The van der Waals surface area contributed by atoms with Crippen molar-refractivity contribution in [3.8, 4) is 22.4 Å². The molecular formula is C25H27F2N3O2. The summed E-state index contributed by atoms with van der Waals surface area (Å²) in [5, 5.41) is 0. The Hall–Kier alpha value is -3.22. The number of aromatic nitrogens is 2. The van der Waals surface area contributed by atoms with Gasteiger partial charge in [0.1, 0.15) is 23.1 Å². The van der Waals surface area contributed by atoms with E-state index < -0.39 is 5.60 Å². The number of amides is 1. The molecule has 168 valence electrons. The van der Waals surface area contributed by atoms with Gasteiger partial charge in [0.2, 0.25) is 0 Å². The first-order valence-corrected chi connectivity index (χ1v) is 10.7. The minimum absolute atomic E-state index is 0.217. The highest BCUT2D eigenvalue weighted by molar-refractivity contribution is 5.74. The van der Waals surface area contributed by atoms with Gasteiger partial charge in [-0.05, 0) is 81.5 Å². The second kappa shape index (κ2) is 8.37. The van der Waals surface area contributed by atoms with Crippen molar-refractivity contribution >= 4 is 6.09 Å². The first-order valence-electron chi connectivity index (χ1n) is 10.7. The Bertz CT molecular complexity index is 1130. The summed E-state index contributed by atoms with van der Waals surface area (Å²) in [6, 6.07) is 9.10. The van der Waals surface area contributed by atoms with Crippen molar-refractivity contribution in [3.05, 3.63) is 65.6 Å². The topological polar surface area (TPSA) is 58.2 Å². The summed E-state index contributed by atoms with van der Waals surface area (Å²) in [4.78, 5) is 22.1. The van der Waals surface area contributed by atoms with Crippen molar-refractivity contribution in [3.63, 3.8) is 0 Å². The first kappa shape index (κ1) is 22.0. The number of carbonyl (C=O) groups excluding carboxylic acids is 1. The third kappa shape index (κ3) is 4.52. The number of nitrogens with zero attached hydrogens (tertiary/aromatic N) is 2. The third-order valence-corrected chi connectivity index (χ3v) is 5.60. The van der Waals surface area contributed by atoms with Crippen molar-refractivity contribution in [2.75, 3.05) is 6.54 Å². The summed E-state index contributed by atoms with van der Waals surface area (Å²) in [5.74, 6) is -0.0470. The Morgan fingerprint density at radius 3 is 2.56 bits per heavy atom. The van der Waals surface area contributed by atoms with E-state index in [9.17, 15) is 13.6 Å². The maximum Gasteiger partial charge on any atom is 0.410 e. The summed E-state index contributed by atoms with van der Waals surface area (Å²) in [7, 11) is 0. The van der Waals surface area contributed by atoms with Crippen LogP contribution < -0.4 is 0 Å². The number of aromatic amines is 1. The molecule has 1 amide bonds. The zero-order valence-corrected chi connectivity index (χ0v) is 18.7. The molecule has 1 fully saturated rings. The predicted molar refractivity (Wildman–Crippen MR) is 119 cm³/mol. The molecule has 1 aromatic heterocycles. The van der Waals surface area contributed by atoms with Crippen molar-refractivity contribution in [1.29, 1.82) is 0 Å². The molecule has 0 radical (unpaired) electrons. The van der Waals surface area contributed by atoms with Crippen LogP contribution in [-0.2, 0) is 4.74 Å². The quantitative estimate of drug-likeness (QED) is 0.514. The Balaban J connectivity index is 1.64. The molecule has 0 bridgehead atoms. The van der Waals surface area contributed by atoms with Crippen LogP contribution in [0.2, 0.25) is 0 Å². The normalized spacial score (nSPS) is 16.4. The summed E-state index contributed by atoms with van der Waals surface area (Å²) >= 11 is 0. The van der Waals surface area contributed by atoms with Gasteiger partial charge in [-0.25, -0.2) is 18.6 Å². The van der Waals surface area contributed by atoms with Gasteiger partial charge < -0.3 is 9.72 Å². The SMILES string of the molecule is Cc1c(F)cc(-c2cnc([C@@H]3CCCN3C(=O)OC(C)(C)C)[nH]2)cc1-c1ccc(F)cc1. The van der Waals surface area contributed by atoms with E-state index in [0.29, 0.717) is 34.8 Å². The fourth-order valence-corrected chi connectivity index (χ4v) is 4.01. The first-order chi connectivity index (χ1) is 15.1. The Morgan fingerprint density at radius 2 is 1.88 bits per heavy atom. The van der Waals surface area contributed by atoms with Gasteiger partial charge in [0.15, 0.2) is 0 Å². The maximum absolute atomic E-state index is 14.7. The van der Waals surface area contributed by atoms with Gasteiger partial charge in [-0.1, -0.05) is 12.1 Å². The number of imidazole rings is 1. The largest absolute Gasteiger partial charge is 0.444 e. The summed E-state index contributed by atoms with van der Waals surface area (Å²) in [5.41, 5.74) is 2.62. The van der Waals surface area contributed by atoms with Crippen LogP contribution in [-0.4, -0.2) is 33.1 Å². The molecule has 0 spiro atoms. The molecule has 2 aromatic carbocycles. The molecule has 5 nitrogen and oxygen atoms in total. The van der Waals surface area contributed by atoms with E-state index in [1.807, 2.05) is 26.8 Å². The number of rotatable bonds is 3. The van der Waals surface area contributed by atoms with Crippen LogP contribution in [0.3, 0.4) is 0 Å². The smallest absolute Gasteiger partial charge is 0.410 e. The van der Waals surface area contributed by atoms with Gasteiger partial charge in [-0.15, -0.1) is 0 Å².